The van der Waals surface area contributed by atoms with Crippen LogP contribution < -0.4 is 11.2 Å². The molecule has 1 saturated heterocycles. The molecule has 12 heteroatoms. The van der Waals surface area contributed by atoms with Crippen LogP contribution in [0.2, 0.25) is 0 Å². The number of ether oxygens (including phenoxy) is 2. The number of pyridine rings is 1. The van der Waals surface area contributed by atoms with Crippen molar-refractivity contribution in [3.8, 4) is 0 Å². The Bertz CT molecular complexity index is 996. The second-order valence-corrected chi connectivity index (χ2v) is 7.92. The van der Waals surface area contributed by atoms with Gasteiger partial charge < -0.3 is 23.4 Å². The zero-order chi connectivity index (χ0) is 22.4. The lowest BCUT2D eigenvalue weighted by Crippen LogP contribution is -2.33. The number of nitrogens with zero attached hydrogens (tertiary/aromatic N) is 2. The Kier molecular flexibility index (Phi) is 8.05. The fourth-order valence-corrected chi connectivity index (χ4v) is 3.70. The molecule has 11 nitrogen and oxygen atoms in total. The van der Waals surface area contributed by atoms with E-state index in [0.717, 1.165) is 5.69 Å². The first-order valence-electron chi connectivity index (χ1n) is 9.63. The van der Waals surface area contributed by atoms with Crippen LogP contribution in [0.5, 0.6) is 0 Å². The van der Waals surface area contributed by atoms with Crippen molar-refractivity contribution in [2.75, 3.05) is 13.2 Å². The van der Waals surface area contributed by atoms with Crippen molar-refractivity contribution in [1.29, 1.82) is 0 Å². The number of nitrogens with one attached hydrogen (secondary N) is 1. The highest BCUT2D eigenvalue weighted by molar-refractivity contribution is 7.40. The third kappa shape index (κ3) is 6.52. The van der Waals surface area contributed by atoms with Crippen molar-refractivity contribution >= 4 is 14.6 Å². The molecule has 1 fully saturated rings. The Morgan fingerprint density at radius 3 is 2.90 bits per heavy atom. The molecule has 2 aromatic rings. The number of rotatable bonds is 9. The average molecular weight is 453 g/mol. The van der Waals surface area contributed by atoms with E-state index in [9.17, 15) is 19.3 Å². The van der Waals surface area contributed by atoms with Gasteiger partial charge in [-0.15, -0.1) is 0 Å². The molecule has 0 aromatic carbocycles. The monoisotopic (exact) mass is 453 g/mol. The summed E-state index contributed by atoms with van der Waals surface area (Å²) in [7, 11) is -2.18. The van der Waals surface area contributed by atoms with Crippen molar-refractivity contribution in [3.05, 3.63) is 62.7 Å². The first kappa shape index (κ1) is 23.2. The number of aromatic amines is 1. The number of H-pyrrole nitrogens is 1. The van der Waals surface area contributed by atoms with Gasteiger partial charge in [0.1, 0.15) is 18.4 Å². The molecule has 4 atom stereocenters. The van der Waals surface area contributed by atoms with Gasteiger partial charge in [0.05, 0.1) is 13.2 Å². The zero-order valence-corrected chi connectivity index (χ0v) is 18.0. The SMILES string of the molecule is CC(=O)O[C@H]1C[C@H](n2cc(C)c(=O)[nH]c2=O)O[C@@H]1COP(O)OCCc1ccccn1. The minimum absolute atomic E-state index is 0.114. The molecule has 3 heterocycles. The van der Waals surface area contributed by atoms with Crippen LogP contribution in [0.15, 0.2) is 40.2 Å². The fourth-order valence-electron chi connectivity index (χ4n) is 3.11. The molecule has 3 rings (SSSR count). The van der Waals surface area contributed by atoms with Crippen molar-refractivity contribution in [1.82, 2.24) is 14.5 Å². The Morgan fingerprint density at radius 1 is 1.39 bits per heavy atom. The number of carbonyl (C=O) groups is 1. The number of hydrogen-bond acceptors (Lipinski definition) is 9. The largest absolute Gasteiger partial charge is 0.460 e. The first-order chi connectivity index (χ1) is 14.8. The van der Waals surface area contributed by atoms with Crippen molar-refractivity contribution in [2.45, 2.75) is 45.1 Å². The van der Waals surface area contributed by atoms with E-state index in [1.165, 1.54) is 17.7 Å². The van der Waals surface area contributed by atoms with Crippen LogP contribution in [-0.4, -0.2) is 50.8 Å². The summed E-state index contributed by atoms with van der Waals surface area (Å²) in [6, 6.07) is 5.52. The lowest BCUT2D eigenvalue weighted by Gasteiger charge is -2.19. The highest BCUT2D eigenvalue weighted by atomic mass is 31.2. The summed E-state index contributed by atoms with van der Waals surface area (Å²) in [4.78, 5) is 51.6. The molecule has 1 unspecified atom stereocenters. The van der Waals surface area contributed by atoms with E-state index in [1.807, 2.05) is 18.2 Å². The summed E-state index contributed by atoms with van der Waals surface area (Å²) in [5.41, 5.74) is 0.0481. The molecule has 0 radical (unpaired) electrons. The molecule has 2 aromatic heterocycles. The Morgan fingerprint density at radius 2 is 2.19 bits per heavy atom. The number of esters is 1. The third-order valence-electron chi connectivity index (χ3n) is 4.59. The molecule has 2 N–H and O–H groups in total. The summed E-state index contributed by atoms with van der Waals surface area (Å²) in [5.74, 6) is -0.512. The molecule has 0 aliphatic carbocycles. The molecule has 0 bridgehead atoms. The second-order valence-electron chi connectivity index (χ2n) is 6.93. The predicted octanol–water partition coefficient (Wildman–Crippen LogP) is 0.954. The number of aromatic nitrogens is 3. The Hall–Kier alpha value is -2.43. The predicted molar refractivity (Wildman–Crippen MR) is 109 cm³/mol. The van der Waals surface area contributed by atoms with E-state index in [-0.39, 0.29) is 19.6 Å². The van der Waals surface area contributed by atoms with Crippen LogP contribution in [-0.2, 0) is 29.7 Å². The second kappa shape index (κ2) is 10.7. The Labute approximate surface area is 178 Å². The molecule has 168 valence electrons. The van der Waals surface area contributed by atoms with Gasteiger partial charge in [-0.3, -0.25) is 24.1 Å². The van der Waals surface area contributed by atoms with E-state index < -0.39 is 44.3 Å². The molecule has 0 spiro atoms. The maximum Gasteiger partial charge on any atom is 0.330 e. The van der Waals surface area contributed by atoms with Crippen molar-refractivity contribution in [2.24, 2.45) is 0 Å². The van der Waals surface area contributed by atoms with Gasteiger partial charge in [0.2, 0.25) is 0 Å². The maximum absolute atomic E-state index is 12.1. The normalized spacial score (nSPS) is 21.7. The highest BCUT2D eigenvalue weighted by Gasteiger charge is 2.39. The van der Waals surface area contributed by atoms with Crippen LogP contribution >= 0.6 is 8.60 Å². The quantitative estimate of drug-likeness (QED) is 0.419. The van der Waals surface area contributed by atoms with Gasteiger partial charge in [0.25, 0.3) is 5.56 Å². The Balaban J connectivity index is 1.57. The molecule has 0 saturated carbocycles. The van der Waals surface area contributed by atoms with Gasteiger partial charge in [-0.2, -0.15) is 0 Å². The van der Waals surface area contributed by atoms with Gasteiger partial charge >= 0.3 is 20.3 Å². The van der Waals surface area contributed by atoms with Gasteiger partial charge in [0, 0.05) is 43.4 Å². The number of carbonyl (C=O) groups excluding carboxylic acids is 1. The van der Waals surface area contributed by atoms with E-state index in [1.54, 1.807) is 13.1 Å². The van der Waals surface area contributed by atoms with E-state index >= 15 is 0 Å². The van der Waals surface area contributed by atoms with Crippen LogP contribution in [0.1, 0.15) is 30.8 Å². The van der Waals surface area contributed by atoms with Crippen molar-refractivity contribution < 1.29 is 28.2 Å². The highest BCUT2D eigenvalue weighted by Crippen LogP contribution is 2.36. The fraction of sp³-hybridized carbons (Fsp3) is 0.474. The molecular weight excluding hydrogens is 429 g/mol. The number of aryl methyl sites for hydroxylation is 1. The van der Waals surface area contributed by atoms with Gasteiger partial charge in [-0.05, 0) is 19.1 Å². The third-order valence-corrected chi connectivity index (χ3v) is 5.36. The van der Waals surface area contributed by atoms with Crippen LogP contribution in [0.3, 0.4) is 0 Å². The standard InChI is InChI=1S/C19H24N3O8P/c1-12-10-22(19(25)21-18(12)24)17-9-15(29-13(2)23)16(30-17)11-28-31(26)27-8-6-14-5-3-4-7-20-14/h3-5,7,10,15-17,26H,6,8-9,11H2,1-2H3,(H,21,24,25)/t15-,16+,17+,31?/m0/s1. The van der Waals surface area contributed by atoms with E-state index in [4.69, 9.17) is 18.5 Å². The molecule has 1 aliphatic rings. The molecule has 1 aliphatic heterocycles. The summed E-state index contributed by atoms with van der Waals surface area (Å²) >= 11 is 0. The lowest BCUT2D eigenvalue weighted by atomic mass is 10.2. The van der Waals surface area contributed by atoms with Crippen LogP contribution in [0.25, 0.3) is 0 Å². The van der Waals surface area contributed by atoms with Gasteiger partial charge in [-0.1, -0.05) is 6.07 Å². The minimum atomic E-state index is -2.18. The maximum atomic E-state index is 12.1. The summed E-state index contributed by atoms with van der Waals surface area (Å²) in [5, 5.41) is 0. The van der Waals surface area contributed by atoms with E-state index in [2.05, 4.69) is 9.97 Å². The summed E-state index contributed by atoms with van der Waals surface area (Å²) < 4.78 is 23.0. The van der Waals surface area contributed by atoms with Gasteiger partial charge in [-0.25, -0.2) is 4.79 Å². The lowest BCUT2D eigenvalue weighted by molar-refractivity contribution is -0.150. The van der Waals surface area contributed by atoms with Crippen LogP contribution in [0.4, 0.5) is 0 Å². The topological polar surface area (TPSA) is 142 Å². The summed E-state index contributed by atoms with van der Waals surface area (Å²) in [6.07, 6.45) is 1.56. The van der Waals surface area contributed by atoms with Crippen LogP contribution in [0, 0.1) is 6.92 Å². The number of hydrogen-bond donors (Lipinski definition) is 2. The smallest absolute Gasteiger partial charge is 0.330 e. The molecule has 31 heavy (non-hydrogen) atoms. The molecule has 0 amide bonds. The van der Waals surface area contributed by atoms with Gasteiger partial charge in [0.15, 0.2) is 0 Å². The molecular formula is C19H24N3O8P. The summed E-state index contributed by atoms with van der Waals surface area (Å²) in [6.45, 7) is 2.93. The minimum Gasteiger partial charge on any atom is -0.460 e. The van der Waals surface area contributed by atoms with E-state index in [0.29, 0.717) is 12.0 Å². The van der Waals surface area contributed by atoms with Crippen molar-refractivity contribution in [3.63, 3.8) is 0 Å². The average Bonchev–Trinajstić information content (AvgIpc) is 3.11. The zero-order valence-electron chi connectivity index (χ0n) is 17.1. The first-order valence-corrected chi connectivity index (χ1v) is 10.8.